The highest BCUT2D eigenvalue weighted by molar-refractivity contribution is 6.74. The number of ketones is 1. The van der Waals surface area contributed by atoms with Gasteiger partial charge in [-0.25, -0.2) is 9.37 Å². The molecule has 7 heteroatoms. The van der Waals surface area contributed by atoms with E-state index in [4.69, 9.17) is 4.43 Å². The molecule has 1 rings (SSSR count). The first-order valence-electron chi connectivity index (χ1n) is 8.72. The van der Waals surface area contributed by atoms with Crippen molar-refractivity contribution < 1.29 is 18.4 Å². The molecule has 0 radical (unpaired) electrons. The highest BCUT2D eigenvalue weighted by atomic mass is 28.4. The lowest BCUT2D eigenvalue weighted by atomic mass is 10.0. The lowest BCUT2D eigenvalue weighted by Crippen LogP contribution is -2.54. The van der Waals surface area contributed by atoms with Crippen LogP contribution in [0.25, 0.3) is 0 Å². The molecule has 0 atom stereocenters. The normalized spacial score (nSPS) is 12.8. The predicted molar refractivity (Wildman–Crippen MR) is 105 cm³/mol. The Kier molecular flexibility index (Phi) is 6.53. The van der Waals surface area contributed by atoms with Gasteiger partial charge in [0.25, 0.3) is 0 Å². The van der Waals surface area contributed by atoms with Crippen molar-refractivity contribution in [3.8, 4) is 0 Å². The van der Waals surface area contributed by atoms with Crippen LogP contribution in [-0.2, 0) is 9.22 Å². The molecule has 1 aromatic heterocycles. The third-order valence-electron chi connectivity index (χ3n) is 4.97. The fourth-order valence-corrected chi connectivity index (χ4v) is 3.51. The molecular formula is C19H31FN2O3Si. The first-order chi connectivity index (χ1) is 11.6. The Hall–Kier alpha value is -1.60. The summed E-state index contributed by atoms with van der Waals surface area (Å²) in [5, 5.41) is 0.0161. The Bertz CT molecular complexity index is 697. The smallest absolute Gasteiger partial charge is 0.225 e. The molecule has 0 aliphatic carbocycles. The highest BCUT2D eigenvalue weighted by Crippen LogP contribution is 2.38. The van der Waals surface area contributed by atoms with Crippen molar-refractivity contribution in [3.63, 3.8) is 0 Å². The Balaban J connectivity index is 3.27. The van der Waals surface area contributed by atoms with E-state index < -0.39 is 25.5 Å². The average molecular weight is 383 g/mol. The van der Waals surface area contributed by atoms with Crippen LogP contribution in [0.4, 0.5) is 10.2 Å². The third-order valence-corrected chi connectivity index (χ3v) is 9.45. The number of halogens is 1. The minimum Gasteiger partial charge on any atom is -0.414 e. The summed E-state index contributed by atoms with van der Waals surface area (Å²) in [7, 11) is -2.04. The van der Waals surface area contributed by atoms with E-state index in [0.717, 1.165) is 0 Å². The summed E-state index contributed by atoms with van der Waals surface area (Å²) in [4.78, 5) is 29.3. The van der Waals surface area contributed by atoms with E-state index in [1.54, 1.807) is 0 Å². The number of hydrogen-bond donors (Lipinski definition) is 0. The van der Waals surface area contributed by atoms with E-state index in [1.807, 2.05) is 13.8 Å². The molecule has 146 valence electrons. The molecule has 1 amide bonds. The molecule has 0 saturated heterocycles. The summed E-state index contributed by atoms with van der Waals surface area (Å²) in [6.07, 6.45) is 1.34. The van der Waals surface area contributed by atoms with Gasteiger partial charge in [0.15, 0.2) is 25.7 Å². The Morgan fingerprint density at radius 3 is 2.15 bits per heavy atom. The molecule has 0 aliphatic heterocycles. The second-order valence-electron chi connectivity index (χ2n) is 8.77. The van der Waals surface area contributed by atoms with E-state index in [9.17, 15) is 14.0 Å². The fraction of sp³-hybridized carbons (Fsp3) is 0.632. The molecule has 1 heterocycles. The van der Waals surface area contributed by atoms with Crippen LogP contribution in [0, 0.1) is 5.82 Å². The molecule has 0 bridgehead atoms. The molecule has 0 aromatic carbocycles. The summed E-state index contributed by atoms with van der Waals surface area (Å²) < 4.78 is 21.1. The maximum atomic E-state index is 14.8. The number of Topliss-reactive ketones (excluding diaryl/α,β-unsaturated/α-hetero) is 1. The van der Waals surface area contributed by atoms with Crippen LogP contribution in [0.15, 0.2) is 12.3 Å². The zero-order valence-electron chi connectivity index (χ0n) is 17.4. The van der Waals surface area contributed by atoms with E-state index in [2.05, 4.69) is 38.8 Å². The monoisotopic (exact) mass is 382 g/mol. The summed E-state index contributed by atoms with van der Waals surface area (Å²) in [5.74, 6) is -1.70. The summed E-state index contributed by atoms with van der Waals surface area (Å²) >= 11 is 0. The highest BCUT2D eigenvalue weighted by Gasteiger charge is 2.41. The second kappa shape index (κ2) is 7.56. The Labute approximate surface area is 157 Å². The van der Waals surface area contributed by atoms with Gasteiger partial charge >= 0.3 is 0 Å². The van der Waals surface area contributed by atoms with Gasteiger partial charge in [-0.3, -0.25) is 14.5 Å². The van der Waals surface area contributed by atoms with E-state index in [-0.39, 0.29) is 28.9 Å². The molecule has 26 heavy (non-hydrogen) atoms. The van der Waals surface area contributed by atoms with Gasteiger partial charge in [-0.1, -0.05) is 20.8 Å². The van der Waals surface area contributed by atoms with Gasteiger partial charge in [0.05, 0.1) is 17.7 Å². The van der Waals surface area contributed by atoms with Crippen molar-refractivity contribution in [2.45, 2.75) is 72.1 Å². The molecule has 5 nitrogen and oxygen atoms in total. The van der Waals surface area contributed by atoms with Crippen LogP contribution in [0.2, 0.25) is 18.1 Å². The van der Waals surface area contributed by atoms with Gasteiger partial charge < -0.3 is 4.43 Å². The van der Waals surface area contributed by atoms with Gasteiger partial charge in [-0.2, -0.15) is 0 Å². The number of rotatable bonds is 6. The lowest BCUT2D eigenvalue weighted by Gasteiger charge is -2.42. The number of carbonyl (C=O) groups is 2. The maximum absolute atomic E-state index is 14.8. The Morgan fingerprint density at radius 2 is 1.73 bits per heavy atom. The zero-order valence-corrected chi connectivity index (χ0v) is 18.4. The van der Waals surface area contributed by atoms with Crippen molar-refractivity contribution in [1.82, 2.24) is 4.98 Å². The number of amides is 1. The number of pyridine rings is 1. The predicted octanol–water partition coefficient (Wildman–Crippen LogP) is 4.58. The SMILES string of the molecule is CC(=O)c1ccnc(N(C(C)=O)C(C)(C)CO[Si](C)(C)C(C)(C)C)c1F. The number of carbonyl (C=O) groups excluding carboxylic acids is 2. The first-order valence-corrected chi connectivity index (χ1v) is 11.6. The van der Waals surface area contributed by atoms with Gasteiger partial charge in [0, 0.05) is 13.1 Å². The minimum absolute atomic E-state index is 0.0161. The average Bonchev–Trinajstić information content (AvgIpc) is 2.45. The van der Waals surface area contributed by atoms with Crippen molar-refractivity contribution in [1.29, 1.82) is 0 Å². The molecule has 0 fully saturated rings. The standard InChI is InChI=1S/C19H31FN2O3Si/c1-13(23)15-10-11-21-17(16(15)20)22(14(2)24)19(6,7)12-25-26(8,9)18(3,4)5/h10-11H,12H2,1-9H3. The number of nitrogens with zero attached hydrogens (tertiary/aromatic N) is 2. The number of hydrogen-bond acceptors (Lipinski definition) is 4. The molecule has 0 unspecified atom stereocenters. The summed E-state index contributed by atoms with van der Waals surface area (Å²) in [5.41, 5.74) is -0.910. The number of aromatic nitrogens is 1. The van der Waals surface area contributed by atoms with Gasteiger partial charge in [0.2, 0.25) is 5.91 Å². The first kappa shape index (κ1) is 22.4. The molecule has 1 aromatic rings. The number of anilines is 1. The van der Waals surface area contributed by atoms with Crippen LogP contribution < -0.4 is 4.90 Å². The third kappa shape index (κ3) is 4.76. The van der Waals surface area contributed by atoms with Crippen molar-refractivity contribution in [2.24, 2.45) is 0 Å². The van der Waals surface area contributed by atoms with Crippen molar-refractivity contribution in [2.75, 3.05) is 11.5 Å². The Morgan fingerprint density at radius 1 is 1.19 bits per heavy atom. The molecule has 0 spiro atoms. The van der Waals surface area contributed by atoms with Crippen LogP contribution in [0.3, 0.4) is 0 Å². The fourth-order valence-electron chi connectivity index (χ4n) is 2.36. The van der Waals surface area contributed by atoms with E-state index in [0.29, 0.717) is 0 Å². The van der Waals surface area contributed by atoms with Crippen LogP contribution in [-0.4, -0.2) is 37.1 Å². The summed E-state index contributed by atoms with van der Waals surface area (Å²) in [6, 6.07) is 1.32. The van der Waals surface area contributed by atoms with Gasteiger partial charge in [-0.05, 0) is 45.0 Å². The van der Waals surface area contributed by atoms with Crippen molar-refractivity contribution >= 4 is 25.8 Å². The molecule has 0 N–H and O–H groups in total. The molecule has 0 aliphatic rings. The second-order valence-corrected chi connectivity index (χ2v) is 13.6. The molecule has 0 saturated carbocycles. The molecular weight excluding hydrogens is 351 g/mol. The van der Waals surface area contributed by atoms with Gasteiger partial charge in [0.1, 0.15) is 0 Å². The minimum atomic E-state index is -2.04. The van der Waals surface area contributed by atoms with Crippen LogP contribution >= 0.6 is 0 Å². The van der Waals surface area contributed by atoms with E-state index in [1.165, 1.54) is 31.0 Å². The summed E-state index contributed by atoms with van der Waals surface area (Å²) in [6.45, 7) is 17.1. The quantitative estimate of drug-likeness (QED) is 0.534. The van der Waals surface area contributed by atoms with Crippen molar-refractivity contribution in [3.05, 3.63) is 23.6 Å². The lowest BCUT2D eigenvalue weighted by molar-refractivity contribution is -0.118. The zero-order chi connectivity index (χ0) is 20.5. The van der Waals surface area contributed by atoms with E-state index >= 15 is 0 Å². The topological polar surface area (TPSA) is 59.5 Å². The van der Waals surface area contributed by atoms with Crippen LogP contribution in [0.5, 0.6) is 0 Å². The maximum Gasteiger partial charge on any atom is 0.225 e. The van der Waals surface area contributed by atoms with Crippen LogP contribution in [0.1, 0.15) is 58.8 Å². The van der Waals surface area contributed by atoms with Gasteiger partial charge in [-0.15, -0.1) is 0 Å². The largest absolute Gasteiger partial charge is 0.414 e.